The fourth-order valence-electron chi connectivity index (χ4n) is 0.860. The second-order valence-electron chi connectivity index (χ2n) is 3.53. The van der Waals surface area contributed by atoms with Crippen LogP contribution in [0, 0.1) is 5.41 Å². The van der Waals surface area contributed by atoms with Crippen LogP contribution < -0.4 is 0 Å². The van der Waals surface area contributed by atoms with E-state index in [1.54, 1.807) is 4.41 Å². The van der Waals surface area contributed by atoms with Crippen LogP contribution in [0.25, 0.3) is 0 Å². The summed E-state index contributed by atoms with van der Waals surface area (Å²) in [5.74, 6) is 0. The molecule has 1 aliphatic rings. The van der Waals surface area contributed by atoms with Crippen LogP contribution >= 0.6 is 0 Å². The van der Waals surface area contributed by atoms with E-state index in [4.69, 9.17) is 0 Å². The Morgan fingerprint density at radius 1 is 1.18 bits per heavy atom. The molecule has 0 saturated carbocycles. The van der Waals surface area contributed by atoms with E-state index in [0.717, 1.165) is 0 Å². The van der Waals surface area contributed by atoms with Gasteiger partial charge in [0.25, 0.3) is 0 Å². The van der Waals surface area contributed by atoms with Gasteiger partial charge in [0.2, 0.25) is 0 Å². The SMILES string of the molecule is CC(C)(C)[C]1=CC=C[CH]=[Ge]1.[OH-]. The molecule has 1 rings (SSSR count). The molecule has 0 aromatic rings. The van der Waals surface area contributed by atoms with Crippen molar-refractivity contribution in [2.24, 2.45) is 5.41 Å². The number of hydrogen-bond acceptors (Lipinski definition) is 1. The Hall–Kier alpha value is -0.147. The summed E-state index contributed by atoms with van der Waals surface area (Å²) >= 11 is 0.0833. The van der Waals surface area contributed by atoms with Crippen molar-refractivity contribution in [2.45, 2.75) is 20.8 Å². The maximum Gasteiger partial charge on any atom is -0.870 e. The van der Waals surface area contributed by atoms with E-state index in [-0.39, 0.29) is 20.5 Å². The second kappa shape index (κ2) is 4.02. The molecule has 1 heterocycles. The third-order valence-corrected chi connectivity index (χ3v) is 4.85. The zero-order valence-electron chi connectivity index (χ0n) is 7.26. The average molecular weight is 211 g/mol. The molecular formula is C9H14GeO-. The molecule has 1 radical (unpaired) electrons. The van der Waals surface area contributed by atoms with E-state index in [0.29, 0.717) is 5.41 Å². The standard InChI is InChI=1S/C9H13Ge.H2O/c1-9(2,3)8-6-4-5-7-10-8;/h4-7H,1-3H3;1H2/p-1. The van der Waals surface area contributed by atoms with E-state index < -0.39 is 0 Å². The summed E-state index contributed by atoms with van der Waals surface area (Å²) in [4.78, 5) is 2.33. The molecule has 0 atom stereocenters. The van der Waals surface area contributed by atoms with Crippen molar-refractivity contribution >= 4 is 19.8 Å². The fraction of sp³-hybridized carbons (Fsp3) is 0.444. The number of allylic oxidation sites excluding steroid dienone is 4. The summed E-state index contributed by atoms with van der Waals surface area (Å²) in [5.41, 5.74) is 0.404. The molecular weight excluding hydrogens is 197 g/mol. The molecule has 2 heteroatoms. The first kappa shape index (κ1) is 10.9. The van der Waals surface area contributed by atoms with Gasteiger partial charge in [-0.2, -0.15) is 0 Å². The van der Waals surface area contributed by atoms with Crippen molar-refractivity contribution in [1.29, 1.82) is 0 Å². The van der Waals surface area contributed by atoms with Gasteiger partial charge in [0.05, 0.1) is 0 Å². The molecule has 0 aromatic carbocycles. The summed E-state index contributed by atoms with van der Waals surface area (Å²) in [6.45, 7) is 6.86. The minimum absolute atomic E-state index is 0. The Kier molecular flexibility index (Phi) is 3.97. The molecule has 0 fully saturated rings. The molecule has 0 aromatic heterocycles. The first-order valence-electron chi connectivity index (χ1n) is 3.58. The molecule has 0 amide bonds. The van der Waals surface area contributed by atoms with Crippen molar-refractivity contribution in [3.8, 4) is 0 Å². The van der Waals surface area contributed by atoms with Crippen LogP contribution in [0.3, 0.4) is 0 Å². The van der Waals surface area contributed by atoms with Crippen LogP contribution in [0.1, 0.15) is 20.8 Å². The van der Waals surface area contributed by atoms with Gasteiger partial charge in [-0.1, -0.05) is 0 Å². The van der Waals surface area contributed by atoms with E-state index >= 15 is 0 Å². The van der Waals surface area contributed by atoms with Gasteiger partial charge in [0, 0.05) is 0 Å². The molecule has 0 aliphatic carbocycles. The monoisotopic (exact) mass is 212 g/mol. The van der Waals surface area contributed by atoms with E-state index in [1.807, 2.05) is 0 Å². The van der Waals surface area contributed by atoms with Crippen molar-refractivity contribution < 1.29 is 5.48 Å². The quantitative estimate of drug-likeness (QED) is 0.561. The first-order valence-corrected chi connectivity index (χ1v) is 5.84. The summed E-state index contributed by atoms with van der Waals surface area (Å²) in [5, 5.41) is 0. The summed E-state index contributed by atoms with van der Waals surface area (Å²) in [7, 11) is 0. The van der Waals surface area contributed by atoms with Crippen LogP contribution in [0.15, 0.2) is 22.6 Å². The van der Waals surface area contributed by atoms with Crippen molar-refractivity contribution in [3.05, 3.63) is 22.6 Å². The predicted molar refractivity (Wildman–Crippen MR) is 50.4 cm³/mol. The van der Waals surface area contributed by atoms with Gasteiger partial charge in [-0.3, -0.25) is 0 Å². The zero-order valence-corrected chi connectivity index (χ0v) is 9.35. The van der Waals surface area contributed by atoms with Gasteiger partial charge in [-0.05, 0) is 0 Å². The van der Waals surface area contributed by atoms with Gasteiger partial charge in [-0.25, -0.2) is 0 Å². The molecule has 0 unspecified atom stereocenters. The molecule has 0 bridgehead atoms. The maximum absolute atomic E-state index is 2.33. The molecule has 11 heavy (non-hydrogen) atoms. The van der Waals surface area contributed by atoms with Gasteiger partial charge in [0.1, 0.15) is 0 Å². The van der Waals surface area contributed by atoms with Crippen LogP contribution in [0.2, 0.25) is 0 Å². The van der Waals surface area contributed by atoms with Crippen LogP contribution in [0.4, 0.5) is 0 Å². The van der Waals surface area contributed by atoms with E-state index in [1.165, 1.54) is 0 Å². The zero-order chi connectivity index (χ0) is 7.61. The molecule has 1 nitrogen and oxygen atoms in total. The van der Waals surface area contributed by atoms with Gasteiger partial charge in [-0.15, -0.1) is 0 Å². The number of rotatable bonds is 0. The molecule has 0 spiro atoms. The van der Waals surface area contributed by atoms with Crippen LogP contribution in [0.5, 0.6) is 0 Å². The van der Waals surface area contributed by atoms with Gasteiger partial charge >= 0.3 is 68.7 Å². The second-order valence-corrected chi connectivity index (χ2v) is 5.96. The van der Waals surface area contributed by atoms with E-state index in [9.17, 15) is 0 Å². The summed E-state index contributed by atoms with van der Waals surface area (Å²) in [6, 6.07) is 0. The van der Waals surface area contributed by atoms with Gasteiger partial charge < -0.3 is 5.48 Å². The Morgan fingerprint density at radius 3 is 2.09 bits per heavy atom. The third kappa shape index (κ3) is 3.17. The smallest absolute Gasteiger partial charge is 0.870 e. The van der Waals surface area contributed by atoms with E-state index in [2.05, 4.69) is 43.9 Å². The van der Waals surface area contributed by atoms with Gasteiger partial charge in [0.15, 0.2) is 0 Å². The van der Waals surface area contributed by atoms with Crippen LogP contribution in [-0.4, -0.2) is 25.3 Å². The van der Waals surface area contributed by atoms with Crippen molar-refractivity contribution in [3.63, 3.8) is 0 Å². The minimum Gasteiger partial charge on any atom is -0.870 e. The Balaban J connectivity index is 0.000001000. The van der Waals surface area contributed by atoms with Crippen molar-refractivity contribution in [2.75, 3.05) is 0 Å². The Labute approximate surface area is 74.5 Å². The Bertz CT molecular complexity index is 206. The molecule has 1 N–H and O–H groups in total. The van der Waals surface area contributed by atoms with Crippen LogP contribution in [-0.2, 0) is 0 Å². The summed E-state index contributed by atoms with van der Waals surface area (Å²) in [6.07, 6.45) is 6.59. The number of hydrogen-bond donors (Lipinski definition) is 0. The molecule has 1 aliphatic heterocycles. The molecule has 0 saturated heterocycles. The Morgan fingerprint density at radius 2 is 1.82 bits per heavy atom. The molecule has 61 valence electrons. The average Bonchev–Trinajstić information content (AvgIpc) is 1.88. The summed E-state index contributed by atoms with van der Waals surface area (Å²) < 4.78 is 1.65. The van der Waals surface area contributed by atoms with Crippen molar-refractivity contribution in [1.82, 2.24) is 0 Å². The minimum atomic E-state index is 0. The first-order chi connectivity index (χ1) is 4.61. The predicted octanol–water partition coefficient (Wildman–Crippen LogP) is 1.82. The third-order valence-electron chi connectivity index (χ3n) is 1.52. The fourth-order valence-corrected chi connectivity index (χ4v) is 2.98. The maximum atomic E-state index is 2.33. The normalized spacial score (nSPS) is 15.7. The largest absolute Gasteiger partial charge is 0.870 e. The topological polar surface area (TPSA) is 30.0 Å².